The van der Waals surface area contributed by atoms with Crippen molar-refractivity contribution in [3.63, 3.8) is 0 Å². The molecule has 158 valence electrons. The molecule has 2 aromatic carbocycles. The number of nitrogens with zero attached hydrogens (tertiary/aromatic N) is 3. The number of benzene rings is 2. The van der Waals surface area contributed by atoms with Crippen molar-refractivity contribution in [3.05, 3.63) is 47.5 Å². The number of hydrogen-bond acceptors (Lipinski definition) is 6. The van der Waals surface area contributed by atoms with E-state index in [-0.39, 0.29) is 12.7 Å². The maximum atomic E-state index is 13.5. The van der Waals surface area contributed by atoms with Gasteiger partial charge >= 0.3 is 0 Å². The topological polar surface area (TPSA) is 54.9 Å². The molecule has 3 aromatic rings. The highest BCUT2D eigenvalue weighted by atomic mass is 32.1. The van der Waals surface area contributed by atoms with Gasteiger partial charge in [0.25, 0.3) is 5.91 Å². The number of hydrogen-bond donors (Lipinski definition) is 0. The van der Waals surface area contributed by atoms with Crippen molar-refractivity contribution in [2.45, 2.75) is 27.2 Å². The summed E-state index contributed by atoms with van der Waals surface area (Å²) in [4.78, 5) is 22.5. The number of ether oxygens (including phenoxy) is 2. The summed E-state index contributed by atoms with van der Waals surface area (Å²) in [6.45, 7) is 9.86. The molecule has 0 bridgehead atoms. The summed E-state index contributed by atoms with van der Waals surface area (Å²) in [5.41, 5.74) is 2.77. The molecule has 1 amide bonds. The van der Waals surface area contributed by atoms with Gasteiger partial charge in [-0.3, -0.25) is 9.69 Å². The monoisotopic (exact) mass is 425 g/mol. The van der Waals surface area contributed by atoms with Crippen LogP contribution < -0.4 is 14.4 Å². The highest BCUT2D eigenvalue weighted by Gasteiger charge is 2.24. The minimum atomic E-state index is -0.0717. The molecule has 1 aromatic heterocycles. The molecule has 0 radical (unpaired) electrons. The summed E-state index contributed by atoms with van der Waals surface area (Å²) in [7, 11) is 0. The fraction of sp³-hybridized carbons (Fsp3) is 0.391. The van der Waals surface area contributed by atoms with Crippen LogP contribution in [-0.4, -0.2) is 48.8 Å². The van der Waals surface area contributed by atoms with Gasteiger partial charge in [0.15, 0.2) is 16.6 Å². The normalized spacial score (nSPS) is 12.7. The molecule has 0 saturated heterocycles. The highest BCUT2D eigenvalue weighted by Crippen LogP contribution is 2.35. The Hall–Kier alpha value is -2.64. The van der Waals surface area contributed by atoms with Gasteiger partial charge in [0.2, 0.25) is 6.79 Å². The van der Waals surface area contributed by atoms with Crippen LogP contribution in [0.2, 0.25) is 0 Å². The largest absolute Gasteiger partial charge is 0.454 e. The zero-order valence-corrected chi connectivity index (χ0v) is 18.5. The molecule has 0 spiro atoms. The molecule has 4 rings (SSSR count). The fourth-order valence-corrected chi connectivity index (χ4v) is 4.68. The van der Waals surface area contributed by atoms with Crippen LogP contribution in [0.3, 0.4) is 0 Å². The summed E-state index contributed by atoms with van der Waals surface area (Å²) in [6, 6.07) is 11.6. The van der Waals surface area contributed by atoms with Gasteiger partial charge in [-0.15, -0.1) is 0 Å². The summed E-state index contributed by atoms with van der Waals surface area (Å²) >= 11 is 1.57. The van der Waals surface area contributed by atoms with E-state index in [4.69, 9.17) is 14.5 Å². The van der Waals surface area contributed by atoms with Gasteiger partial charge in [0.05, 0.1) is 10.2 Å². The Morgan fingerprint density at radius 2 is 1.87 bits per heavy atom. The summed E-state index contributed by atoms with van der Waals surface area (Å²) < 4.78 is 12.0. The minimum Gasteiger partial charge on any atom is -0.454 e. The van der Waals surface area contributed by atoms with E-state index in [9.17, 15) is 4.79 Å². The van der Waals surface area contributed by atoms with Crippen LogP contribution in [0, 0.1) is 0 Å². The number of carbonyl (C=O) groups excluding carboxylic acids is 1. The molecule has 30 heavy (non-hydrogen) atoms. The number of carbonyl (C=O) groups is 1. The van der Waals surface area contributed by atoms with E-state index >= 15 is 0 Å². The Bertz CT molecular complexity index is 1050. The lowest BCUT2D eigenvalue weighted by Gasteiger charge is -2.24. The van der Waals surface area contributed by atoms with Crippen LogP contribution in [0.5, 0.6) is 11.5 Å². The van der Waals surface area contributed by atoms with Crippen LogP contribution in [0.15, 0.2) is 36.4 Å². The third-order valence-electron chi connectivity index (χ3n) is 5.50. The Labute approximate surface area is 181 Å². The Morgan fingerprint density at radius 1 is 1.07 bits per heavy atom. The third kappa shape index (κ3) is 4.00. The average Bonchev–Trinajstić information content (AvgIpc) is 3.42. The number of thiazole rings is 1. The third-order valence-corrected chi connectivity index (χ3v) is 6.55. The molecule has 7 heteroatoms. The predicted molar refractivity (Wildman–Crippen MR) is 121 cm³/mol. The van der Waals surface area contributed by atoms with Gasteiger partial charge in [-0.25, -0.2) is 4.98 Å². The molecule has 6 nitrogen and oxygen atoms in total. The van der Waals surface area contributed by atoms with Crippen molar-refractivity contribution in [1.29, 1.82) is 0 Å². The van der Waals surface area contributed by atoms with Crippen LogP contribution in [0.25, 0.3) is 10.2 Å². The highest BCUT2D eigenvalue weighted by molar-refractivity contribution is 7.22. The van der Waals surface area contributed by atoms with Gasteiger partial charge in [0, 0.05) is 18.7 Å². The fourth-order valence-electron chi connectivity index (χ4n) is 3.65. The summed E-state index contributed by atoms with van der Waals surface area (Å²) in [6.07, 6.45) is 0.913. The zero-order chi connectivity index (χ0) is 21.1. The summed E-state index contributed by atoms with van der Waals surface area (Å²) in [5.74, 6) is 1.22. The zero-order valence-electron chi connectivity index (χ0n) is 17.7. The van der Waals surface area contributed by atoms with Crippen LogP contribution >= 0.6 is 11.3 Å². The number of anilines is 1. The second-order valence-corrected chi connectivity index (χ2v) is 8.17. The number of likely N-dealkylation sites (N-methyl/N-ethyl adjacent to an activating group) is 1. The number of amides is 1. The van der Waals surface area contributed by atoms with E-state index in [0.717, 1.165) is 41.4 Å². The SMILES string of the molecule is CCc1cccc2sc(N(CCN(CC)CC)C(=O)c3ccc4c(c3)OCO4)nc12. The number of rotatable bonds is 8. The molecular formula is C23H27N3O3S. The number of aromatic nitrogens is 1. The first-order chi connectivity index (χ1) is 14.6. The molecule has 1 aliphatic rings. The molecule has 0 saturated carbocycles. The van der Waals surface area contributed by atoms with Crippen molar-refractivity contribution in [2.24, 2.45) is 0 Å². The molecule has 0 N–H and O–H groups in total. The molecule has 1 aliphatic heterocycles. The number of fused-ring (bicyclic) bond motifs is 2. The van der Waals surface area contributed by atoms with Gasteiger partial charge in [-0.05, 0) is 49.3 Å². The van der Waals surface area contributed by atoms with Crippen LogP contribution in [0.4, 0.5) is 5.13 Å². The van der Waals surface area contributed by atoms with Crippen molar-refractivity contribution in [3.8, 4) is 11.5 Å². The maximum Gasteiger partial charge on any atom is 0.260 e. The van der Waals surface area contributed by atoms with E-state index < -0.39 is 0 Å². The van der Waals surface area contributed by atoms with E-state index in [1.54, 1.807) is 34.4 Å². The summed E-state index contributed by atoms with van der Waals surface area (Å²) in [5, 5.41) is 0.737. The number of para-hydroxylation sites is 1. The average molecular weight is 426 g/mol. The van der Waals surface area contributed by atoms with E-state index in [1.165, 1.54) is 5.56 Å². The van der Waals surface area contributed by atoms with Crippen molar-refractivity contribution >= 4 is 32.6 Å². The lowest BCUT2D eigenvalue weighted by molar-refractivity contribution is 0.0983. The first-order valence-electron chi connectivity index (χ1n) is 10.5. The molecule has 0 aliphatic carbocycles. The van der Waals surface area contributed by atoms with Crippen LogP contribution in [-0.2, 0) is 6.42 Å². The van der Waals surface area contributed by atoms with E-state index in [0.29, 0.717) is 23.6 Å². The smallest absolute Gasteiger partial charge is 0.260 e. The van der Waals surface area contributed by atoms with Crippen molar-refractivity contribution < 1.29 is 14.3 Å². The molecule has 0 fully saturated rings. The Kier molecular flexibility index (Phi) is 6.20. The maximum absolute atomic E-state index is 13.5. The minimum absolute atomic E-state index is 0.0717. The predicted octanol–water partition coefficient (Wildman–Crippen LogP) is 4.58. The Morgan fingerprint density at radius 3 is 2.63 bits per heavy atom. The quantitative estimate of drug-likeness (QED) is 0.529. The number of aryl methyl sites for hydroxylation is 1. The first kappa shape index (κ1) is 20.6. The molecular weight excluding hydrogens is 398 g/mol. The standard InChI is InChI=1S/C23H27N3O3S/c1-4-16-8-7-9-20-21(16)24-23(30-20)26(13-12-25(5-2)6-3)22(27)17-10-11-18-19(14-17)29-15-28-18/h7-11,14H,4-6,12-13,15H2,1-3H3. The second-order valence-electron chi connectivity index (χ2n) is 7.17. The van der Waals surface area contributed by atoms with Crippen molar-refractivity contribution in [2.75, 3.05) is 37.9 Å². The molecule has 0 unspecified atom stereocenters. The second kappa shape index (κ2) is 9.02. The van der Waals surface area contributed by atoms with Gasteiger partial charge in [0.1, 0.15) is 0 Å². The lowest BCUT2D eigenvalue weighted by Crippen LogP contribution is -2.38. The first-order valence-corrected chi connectivity index (χ1v) is 11.3. The van der Waals surface area contributed by atoms with Crippen molar-refractivity contribution in [1.82, 2.24) is 9.88 Å². The van der Waals surface area contributed by atoms with Gasteiger partial charge in [-0.2, -0.15) is 0 Å². The molecule has 0 atom stereocenters. The van der Waals surface area contributed by atoms with Crippen LogP contribution in [0.1, 0.15) is 36.7 Å². The van der Waals surface area contributed by atoms with Gasteiger partial charge in [-0.1, -0.05) is 44.2 Å². The lowest BCUT2D eigenvalue weighted by atomic mass is 10.1. The van der Waals surface area contributed by atoms with E-state index in [2.05, 4.69) is 43.9 Å². The Balaban J connectivity index is 1.69. The van der Waals surface area contributed by atoms with E-state index in [1.807, 2.05) is 0 Å². The van der Waals surface area contributed by atoms with Gasteiger partial charge < -0.3 is 14.4 Å². The molecule has 2 heterocycles.